The van der Waals surface area contributed by atoms with Gasteiger partial charge in [0.15, 0.2) is 0 Å². The van der Waals surface area contributed by atoms with Crippen molar-refractivity contribution in [2.75, 3.05) is 4.90 Å². The fraction of sp³-hybridized carbons (Fsp3) is 0. The van der Waals surface area contributed by atoms with E-state index in [0.717, 1.165) is 22.7 Å². The monoisotopic (exact) mass is 748 g/mol. The van der Waals surface area contributed by atoms with Crippen molar-refractivity contribution in [1.29, 1.82) is 0 Å². The zero-order valence-electron chi connectivity index (χ0n) is 30.2. The SMILES string of the molecule is c1ccc(N(c2ccc(-c3ccc4c(c3)sc3cc5cc6sc7ccccc7c6cc5cc34)cc2)c2ccc3c(c2)c2ccccc2n3-c2ccccc2)cc1. The lowest BCUT2D eigenvalue weighted by Gasteiger charge is -2.26. The summed E-state index contributed by atoms with van der Waals surface area (Å²) in [5.74, 6) is 0. The standard InChI is InChI=1S/C52H32N2S2/c1-3-11-37(12-4-1)53(40-24-26-48-44(32-40)41-15-7-9-17-47(41)54(48)38-13-5-2-6-14-38)39-22-19-33(20-23-39)34-21-25-43-46-28-35-27-45-42-16-8-10-18-49(42)55-51(45)30-36(35)31-52(46)56-50(43)29-34/h1-32H. The van der Waals surface area contributed by atoms with Gasteiger partial charge in [-0.05, 0) is 119 Å². The van der Waals surface area contributed by atoms with Crippen molar-refractivity contribution < 1.29 is 0 Å². The molecule has 2 nitrogen and oxygen atoms in total. The number of anilines is 3. The summed E-state index contributed by atoms with van der Waals surface area (Å²) in [6.07, 6.45) is 0. The minimum absolute atomic E-state index is 1.12. The number of hydrogen-bond donors (Lipinski definition) is 0. The second kappa shape index (κ2) is 12.4. The third-order valence-corrected chi connectivity index (χ3v) is 13.6. The number of thiophene rings is 2. The van der Waals surface area contributed by atoms with Crippen LogP contribution in [0.5, 0.6) is 0 Å². The average molecular weight is 749 g/mol. The molecule has 0 N–H and O–H groups in total. The van der Waals surface area contributed by atoms with E-state index in [1.54, 1.807) is 0 Å². The van der Waals surface area contributed by atoms with E-state index in [0.29, 0.717) is 0 Å². The second-order valence-corrected chi connectivity index (χ2v) is 16.7. The van der Waals surface area contributed by atoms with E-state index in [9.17, 15) is 0 Å². The fourth-order valence-corrected chi connectivity index (χ4v) is 11.0. The van der Waals surface area contributed by atoms with Gasteiger partial charge in [-0.15, -0.1) is 22.7 Å². The number of nitrogens with zero attached hydrogens (tertiary/aromatic N) is 2. The van der Waals surface area contributed by atoms with Crippen LogP contribution in [0.2, 0.25) is 0 Å². The zero-order valence-corrected chi connectivity index (χ0v) is 31.8. The van der Waals surface area contributed by atoms with Crippen LogP contribution in [0.3, 0.4) is 0 Å². The molecular weight excluding hydrogens is 717 g/mol. The Balaban J connectivity index is 0.933. The molecule has 12 rings (SSSR count). The average Bonchev–Trinajstić information content (AvgIpc) is 3.91. The summed E-state index contributed by atoms with van der Waals surface area (Å²) < 4.78 is 7.73. The minimum atomic E-state index is 1.12. The van der Waals surface area contributed by atoms with Gasteiger partial charge in [0, 0.05) is 73.9 Å². The highest BCUT2D eigenvalue weighted by molar-refractivity contribution is 7.26. The number of rotatable bonds is 5. The van der Waals surface area contributed by atoms with Crippen molar-refractivity contribution >= 4 is 113 Å². The Labute approximate surface area is 331 Å². The van der Waals surface area contributed by atoms with E-state index in [-0.39, 0.29) is 0 Å². The van der Waals surface area contributed by atoms with Crippen LogP contribution in [0.1, 0.15) is 0 Å². The predicted octanol–water partition coefficient (Wildman–Crippen LogP) is 15.8. The van der Waals surface area contributed by atoms with Crippen LogP contribution in [0, 0.1) is 0 Å². The molecule has 0 aliphatic rings. The Kier molecular flexibility index (Phi) is 7.00. The predicted molar refractivity (Wildman–Crippen MR) is 244 cm³/mol. The molecule has 56 heavy (non-hydrogen) atoms. The van der Waals surface area contributed by atoms with E-state index in [1.165, 1.54) is 84.0 Å². The maximum atomic E-state index is 2.40. The van der Waals surface area contributed by atoms with Crippen molar-refractivity contribution in [3.8, 4) is 16.8 Å². The molecule has 0 radical (unpaired) electrons. The molecular formula is C52H32N2S2. The summed E-state index contributed by atoms with van der Waals surface area (Å²) in [7, 11) is 0. The molecule has 262 valence electrons. The van der Waals surface area contributed by atoms with E-state index in [2.05, 4.69) is 204 Å². The lowest BCUT2D eigenvalue weighted by atomic mass is 10.0. The molecule has 12 aromatic rings. The number of benzene rings is 9. The van der Waals surface area contributed by atoms with Crippen LogP contribution in [0.15, 0.2) is 194 Å². The topological polar surface area (TPSA) is 8.17 Å². The minimum Gasteiger partial charge on any atom is -0.310 e. The highest BCUT2D eigenvalue weighted by Crippen LogP contribution is 2.43. The summed E-state index contributed by atoms with van der Waals surface area (Å²) >= 11 is 3.78. The Morgan fingerprint density at radius 1 is 0.321 bits per heavy atom. The van der Waals surface area contributed by atoms with Crippen molar-refractivity contribution in [1.82, 2.24) is 4.57 Å². The molecule has 0 bridgehead atoms. The van der Waals surface area contributed by atoms with Crippen molar-refractivity contribution in [2.45, 2.75) is 0 Å². The molecule has 3 aromatic heterocycles. The Bertz CT molecular complexity index is 3460. The van der Waals surface area contributed by atoms with Crippen LogP contribution in [-0.2, 0) is 0 Å². The maximum absolute atomic E-state index is 2.40. The first kappa shape index (κ1) is 31.6. The second-order valence-electron chi connectivity index (χ2n) is 14.6. The number of hydrogen-bond acceptors (Lipinski definition) is 3. The van der Waals surface area contributed by atoms with E-state index < -0.39 is 0 Å². The smallest absolute Gasteiger partial charge is 0.0542 e. The van der Waals surface area contributed by atoms with Gasteiger partial charge < -0.3 is 9.47 Å². The summed E-state index contributed by atoms with van der Waals surface area (Å²) in [6.45, 7) is 0. The molecule has 0 aliphatic carbocycles. The molecule has 4 heteroatoms. The van der Waals surface area contributed by atoms with Crippen LogP contribution in [-0.4, -0.2) is 4.57 Å². The zero-order chi connectivity index (χ0) is 36.7. The molecule has 3 heterocycles. The molecule has 0 spiro atoms. The number of aromatic nitrogens is 1. The molecule has 0 aliphatic heterocycles. The van der Waals surface area contributed by atoms with Gasteiger partial charge in [0.05, 0.1) is 11.0 Å². The van der Waals surface area contributed by atoms with Gasteiger partial charge in [-0.1, -0.05) is 97.1 Å². The quantitative estimate of drug-likeness (QED) is 0.170. The normalized spacial score (nSPS) is 11.9. The molecule has 0 amide bonds. The molecule has 0 saturated carbocycles. The summed E-state index contributed by atoms with van der Waals surface area (Å²) in [4.78, 5) is 2.37. The van der Waals surface area contributed by atoms with Gasteiger partial charge in [0.2, 0.25) is 0 Å². The molecule has 0 unspecified atom stereocenters. The Morgan fingerprint density at radius 3 is 1.66 bits per heavy atom. The van der Waals surface area contributed by atoms with Crippen molar-refractivity contribution in [3.63, 3.8) is 0 Å². The van der Waals surface area contributed by atoms with Gasteiger partial charge in [0.25, 0.3) is 0 Å². The highest BCUT2D eigenvalue weighted by atomic mass is 32.1. The van der Waals surface area contributed by atoms with Gasteiger partial charge >= 0.3 is 0 Å². The van der Waals surface area contributed by atoms with Crippen LogP contribution in [0.4, 0.5) is 17.1 Å². The first-order valence-corrected chi connectivity index (χ1v) is 20.6. The fourth-order valence-electron chi connectivity index (χ4n) is 8.70. The van der Waals surface area contributed by atoms with E-state index >= 15 is 0 Å². The summed E-state index contributed by atoms with van der Waals surface area (Å²) in [5, 5.41) is 10.4. The first-order valence-electron chi connectivity index (χ1n) is 19.0. The van der Waals surface area contributed by atoms with Crippen molar-refractivity contribution in [3.05, 3.63) is 194 Å². The van der Waals surface area contributed by atoms with Gasteiger partial charge in [0.1, 0.15) is 0 Å². The molecule has 9 aromatic carbocycles. The largest absolute Gasteiger partial charge is 0.310 e. The van der Waals surface area contributed by atoms with Gasteiger partial charge in [-0.25, -0.2) is 0 Å². The Hall–Kier alpha value is -6.72. The Morgan fingerprint density at radius 2 is 0.875 bits per heavy atom. The number of fused-ring (bicyclic) bond motifs is 10. The summed E-state index contributed by atoms with van der Waals surface area (Å²) in [6, 6.07) is 71.3. The molecule has 0 atom stereocenters. The molecule has 0 saturated heterocycles. The maximum Gasteiger partial charge on any atom is 0.0542 e. The van der Waals surface area contributed by atoms with Crippen molar-refractivity contribution in [2.24, 2.45) is 0 Å². The van der Waals surface area contributed by atoms with E-state index in [4.69, 9.17) is 0 Å². The highest BCUT2D eigenvalue weighted by Gasteiger charge is 2.18. The third kappa shape index (κ3) is 4.93. The van der Waals surface area contributed by atoms with Gasteiger partial charge in [-0.3, -0.25) is 0 Å². The van der Waals surface area contributed by atoms with Gasteiger partial charge in [-0.2, -0.15) is 0 Å². The van der Waals surface area contributed by atoms with Crippen LogP contribution < -0.4 is 4.90 Å². The lowest BCUT2D eigenvalue weighted by Crippen LogP contribution is -2.09. The lowest BCUT2D eigenvalue weighted by molar-refractivity contribution is 1.18. The molecule has 0 fully saturated rings. The van der Waals surface area contributed by atoms with Crippen LogP contribution >= 0.6 is 22.7 Å². The van der Waals surface area contributed by atoms with E-state index in [1.807, 2.05) is 22.7 Å². The summed E-state index contributed by atoms with van der Waals surface area (Å²) in [5.41, 5.74) is 9.37. The third-order valence-electron chi connectivity index (χ3n) is 11.3. The van der Waals surface area contributed by atoms with Crippen LogP contribution in [0.25, 0.3) is 89.7 Å². The first-order chi connectivity index (χ1) is 27.7. The number of para-hydroxylation sites is 3.